The minimum atomic E-state index is -0.294. The first-order chi connectivity index (χ1) is 13.1. The van der Waals surface area contributed by atoms with Crippen LogP contribution in [0.15, 0.2) is 0 Å². The molecule has 0 aliphatic carbocycles. The van der Waals surface area contributed by atoms with Crippen molar-refractivity contribution in [1.82, 2.24) is 10.6 Å². The van der Waals surface area contributed by atoms with Crippen molar-refractivity contribution in [2.45, 2.75) is 71.1 Å². The molecule has 156 valence electrons. The van der Waals surface area contributed by atoms with Gasteiger partial charge in [0.15, 0.2) is 5.11 Å². The molecule has 1 aromatic heterocycles. The van der Waals surface area contributed by atoms with E-state index in [-0.39, 0.29) is 23.2 Å². The van der Waals surface area contributed by atoms with Crippen molar-refractivity contribution < 1.29 is 14.3 Å². The maximum atomic E-state index is 12.8. The molecule has 1 aromatic rings. The summed E-state index contributed by atoms with van der Waals surface area (Å²) in [6.45, 7) is 12.3. The van der Waals surface area contributed by atoms with Gasteiger partial charge in [0.05, 0.1) is 18.3 Å². The van der Waals surface area contributed by atoms with Crippen molar-refractivity contribution in [3.05, 3.63) is 16.0 Å². The van der Waals surface area contributed by atoms with Crippen LogP contribution >= 0.6 is 23.6 Å². The number of esters is 1. The Labute approximate surface area is 176 Å². The Hall–Kier alpha value is -1.22. The number of nitrogens with one attached hydrogen (secondary N) is 3. The highest BCUT2D eigenvalue weighted by Crippen LogP contribution is 2.45. The summed E-state index contributed by atoms with van der Waals surface area (Å²) in [6.07, 6.45) is 3.10. The summed E-state index contributed by atoms with van der Waals surface area (Å²) in [4.78, 5) is 14.0. The zero-order valence-corrected chi connectivity index (χ0v) is 19.0. The molecule has 2 aliphatic rings. The Kier molecular flexibility index (Phi) is 6.34. The van der Waals surface area contributed by atoms with E-state index in [1.54, 1.807) is 11.3 Å². The van der Waals surface area contributed by atoms with Gasteiger partial charge in [0.2, 0.25) is 0 Å². The third kappa shape index (κ3) is 4.67. The number of rotatable bonds is 5. The Morgan fingerprint density at radius 1 is 1.39 bits per heavy atom. The van der Waals surface area contributed by atoms with Gasteiger partial charge in [-0.05, 0) is 71.7 Å². The molecule has 0 unspecified atom stereocenters. The van der Waals surface area contributed by atoms with Gasteiger partial charge in [-0.3, -0.25) is 0 Å². The number of anilines is 1. The first-order valence-electron chi connectivity index (χ1n) is 9.92. The predicted molar refractivity (Wildman–Crippen MR) is 117 cm³/mol. The molecule has 6 nitrogen and oxygen atoms in total. The predicted octanol–water partition coefficient (Wildman–Crippen LogP) is 3.55. The second-order valence-electron chi connectivity index (χ2n) is 8.62. The number of ether oxygens (including phenoxy) is 2. The number of thiocarbonyl (C=S) groups is 1. The number of thiophene rings is 1. The van der Waals surface area contributed by atoms with E-state index in [4.69, 9.17) is 21.7 Å². The zero-order chi connectivity index (χ0) is 20.5. The molecule has 0 amide bonds. The highest BCUT2D eigenvalue weighted by Gasteiger charge is 2.42. The molecule has 0 spiro atoms. The molecular weight excluding hydrogens is 394 g/mol. The van der Waals surface area contributed by atoms with Crippen LogP contribution in [-0.2, 0) is 21.4 Å². The summed E-state index contributed by atoms with van der Waals surface area (Å²) >= 11 is 7.06. The summed E-state index contributed by atoms with van der Waals surface area (Å²) in [5.74, 6) is -0.294. The van der Waals surface area contributed by atoms with E-state index in [1.807, 2.05) is 6.92 Å². The van der Waals surface area contributed by atoms with Crippen LogP contribution in [0.3, 0.4) is 0 Å². The standard InChI is InChI=1S/C20H31N3O3S2/c1-6-25-17(24)14-13-10-19(2,3)23-20(4,5)15(13)28-16(14)22-18(27)21-11-12-8-7-9-26-12/h12,23H,6-11H2,1-5H3,(H2,21,22,27)/t12-/m1/s1. The highest BCUT2D eigenvalue weighted by atomic mass is 32.1. The van der Waals surface area contributed by atoms with E-state index < -0.39 is 0 Å². The lowest BCUT2D eigenvalue weighted by Crippen LogP contribution is -2.55. The summed E-state index contributed by atoms with van der Waals surface area (Å²) in [5, 5.41) is 11.4. The summed E-state index contributed by atoms with van der Waals surface area (Å²) in [6, 6.07) is 0. The molecule has 1 atom stereocenters. The molecule has 3 heterocycles. The Morgan fingerprint density at radius 2 is 2.14 bits per heavy atom. The van der Waals surface area contributed by atoms with Gasteiger partial charge in [-0.25, -0.2) is 4.79 Å². The summed E-state index contributed by atoms with van der Waals surface area (Å²) in [7, 11) is 0. The van der Waals surface area contributed by atoms with Crippen LogP contribution in [0.2, 0.25) is 0 Å². The van der Waals surface area contributed by atoms with Gasteiger partial charge in [-0.15, -0.1) is 11.3 Å². The van der Waals surface area contributed by atoms with Crippen LogP contribution in [0.1, 0.15) is 68.3 Å². The zero-order valence-electron chi connectivity index (χ0n) is 17.4. The van der Waals surface area contributed by atoms with Gasteiger partial charge in [0.1, 0.15) is 5.00 Å². The molecule has 1 fully saturated rings. The Morgan fingerprint density at radius 3 is 2.79 bits per heavy atom. The number of carbonyl (C=O) groups excluding carboxylic acids is 1. The van der Waals surface area contributed by atoms with E-state index in [0.29, 0.717) is 23.8 Å². The second kappa shape index (κ2) is 8.26. The third-order valence-electron chi connectivity index (χ3n) is 5.07. The molecule has 0 aromatic carbocycles. The maximum Gasteiger partial charge on any atom is 0.341 e. The topological polar surface area (TPSA) is 71.6 Å². The van der Waals surface area contributed by atoms with Crippen molar-refractivity contribution >= 4 is 39.6 Å². The molecule has 3 N–H and O–H groups in total. The van der Waals surface area contributed by atoms with Gasteiger partial charge in [0.25, 0.3) is 0 Å². The molecule has 1 saturated heterocycles. The highest BCUT2D eigenvalue weighted by molar-refractivity contribution is 7.80. The van der Waals surface area contributed by atoms with E-state index in [2.05, 4.69) is 43.6 Å². The lowest BCUT2D eigenvalue weighted by atomic mass is 9.81. The molecule has 2 aliphatic heterocycles. The quantitative estimate of drug-likeness (QED) is 0.492. The monoisotopic (exact) mass is 425 g/mol. The molecule has 0 radical (unpaired) electrons. The van der Waals surface area contributed by atoms with Gasteiger partial charge >= 0.3 is 5.97 Å². The Bertz CT molecular complexity index is 752. The fourth-order valence-corrected chi connectivity index (χ4v) is 5.71. The molecular formula is C20H31N3O3S2. The van der Waals surface area contributed by atoms with Crippen LogP contribution in [0.25, 0.3) is 0 Å². The van der Waals surface area contributed by atoms with Crippen molar-refractivity contribution in [2.75, 3.05) is 25.1 Å². The van der Waals surface area contributed by atoms with Gasteiger partial charge in [-0.2, -0.15) is 0 Å². The first-order valence-corrected chi connectivity index (χ1v) is 11.1. The van der Waals surface area contributed by atoms with Crippen molar-refractivity contribution in [3.63, 3.8) is 0 Å². The fraction of sp³-hybridized carbons (Fsp3) is 0.700. The average molecular weight is 426 g/mol. The normalized spacial score (nSPS) is 22.4. The molecule has 0 saturated carbocycles. The van der Waals surface area contributed by atoms with E-state index in [1.165, 1.54) is 0 Å². The second-order valence-corrected chi connectivity index (χ2v) is 10.0. The molecule has 0 bridgehead atoms. The van der Waals surface area contributed by atoms with Gasteiger partial charge < -0.3 is 25.4 Å². The lowest BCUT2D eigenvalue weighted by molar-refractivity contribution is 0.0525. The Balaban J connectivity index is 1.86. The minimum Gasteiger partial charge on any atom is -0.462 e. The van der Waals surface area contributed by atoms with Crippen molar-refractivity contribution in [1.29, 1.82) is 0 Å². The largest absolute Gasteiger partial charge is 0.462 e. The first kappa shape index (κ1) is 21.5. The average Bonchev–Trinajstić information content (AvgIpc) is 3.19. The van der Waals surface area contributed by atoms with Crippen LogP contribution in [0, 0.1) is 0 Å². The third-order valence-corrected chi connectivity index (χ3v) is 6.78. The summed E-state index contributed by atoms with van der Waals surface area (Å²) < 4.78 is 11.0. The SMILES string of the molecule is CCOC(=O)c1c(NC(=S)NC[C@H]2CCCO2)sc2c1CC(C)(C)NC2(C)C. The molecule has 8 heteroatoms. The van der Waals surface area contributed by atoms with Crippen LogP contribution in [-0.4, -0.2) is 42.5 Å². The number of carbonyl (C=O) groups is 1. The van der Waals surface area contributed by atoms with Crippen LogP contribution < -0.4 is 16.0 Å². The maximum absolute atomic E-state index is 12.8. The van der Waals surface area contributed by atoms with Crippen molar-refractivity contribution in [2.24, 2.45) is 0 Å². The molecule has 28 heavy (non-hydrogen) atoms. The fourth-order valence-electron chi connectivity index (χ4n) is 4.19. The van der Waals surface area contributed by atoms with E-state index in [9.17, 15) is 4.79 Å². The van der Waals surface area contributed by atoms with Crippen molar-refractivity contribution in [3.8, 4) is 0 Å². The lowest BCUT2D eigenvalue weighted by Gasteiger charge is -2.42. The van der Waals surface area contributed by atoms with E-state index in [0.717, 1.165) is 41.3 Å². The number of fused-ring (bicyclic) bond motifs is 1. The smallest absolute Gasteiger partial charge is 0.341 e. The van der Waals surface area contributed by atoms with Crippen LogP contribution in [0.4, 0.5) is 5.00 Å². The summed E-state index contributed by atoms with van der Waals surface area (Å²) in [5.41, 5.74) is 1.32. The number of hydrogen-bond acceptors (Lipinski definition) is 6. The minimum absolute atomic E-state index is 0.116. The van der Waals surface area contributed by atoms with Gasteiger partial charge in [0, 0.05) is 29.1 Å². The number of hydrogen-bond donors (Lipinski definition) is 3. The van der Waals surface area contributed by atoms with E-state index >= 15 is 0 Å². The molecule has 3 rings (SSSR count). The van der Waals surface area contributed by atoms with Crippen LogP contribution in [0.5, 0.6) is 0 Å². The van der Waals surface area contributed by atoms with Gasteiger partial charge in [-0.1, -0.05) is 0 Å².